The molecule has 4 heteroatoms. The van der Waals surface area contributed by atoms with Crippen molar-refractivity contribution < 1.29 is 5.11 Å². The number of likely N-dealkylation sites (tertiary alicyclic amines) is 1. The van der Waals surface area contributed by atoms with E-state index in [0.29, 0.717) is 12.2 Å². The predicted molar refractivity (Wildman–Crippen MR) is 83.2 cm³/mol. The van der Waals surface area contributed by atoms with Gasteiger partial charge in [-0.3, -0.25) is 4.90 Å². The zero-order valence-corrected chi connectivity index (χ0v) is 13.5. The van der Waals surface area contributed by atoms with Crippen molar-refractivity contribution in [1.82, 2.24) is 4.90 Å². The van der Waals surface area contributed by atoms with Gasteiger partial charge in [-0.25, -0.2) is 0 Å². The van der Waals surface area contributed by atoms with E-state index in [4.69, 9.17) is 5.26 Å². The lowest BCUT2D eigenvalue weighted by molar-refractivity contribution is 0.0382. The minimum Gasteiger partial charge on any atom is -0.396 e. The van der Waals surface area contributed by atoms with E-state index in [2.05, 4.69) is 33.8 Å². The summed E-state index contributed by atoms with van der Waals surface area (Å²) >= 11 is 3.55. The first-order valence-corrected chi connectivity index (χ1v) is 7.93. The Labute approximate surface area is 129 Å². The summed E-state index contributed by atoms with van der Waals surface area (Å²) in [5, 5.41) is 18.4. The Balaban J connectivity index is 1.98. The lowest BCUT2D eigenvalue weighted by Crippen LogP contribution is -2.41. The highest BCUT2D eigenvalue weighted by molar-refractivity contribution is 9.10. The maximum Gasteiger partial charge on any atom is 0.0992 e. The van der Waals surface area contributed by atoms with Crippen LogP contribution in [-0.4, -0.2) is 29.7 Å². The molecule has 0 aliphatic carbocycles. The molecular weight excluding hydrogens is 316 g/mol. The number of piperidine rings is 1. The van der Waals surface area contributed by atoms with Gasteiger partial charge < -0.3 is 5.11 Å². The van der Waals surface area contributed by atoms with Gasteiger partial charge in [-0.15, -0.1) is 0 Å². The second-order valence-electron chi connectivity index (χ2n) is 5.71. The Morgan fingerprint density at radius 1 is 1.40 bits per heavy atom. The van der Waals surface area contributed by atoms with Crippen LogP contribution in [0.1, 0.15) is 37.3 Å². The Morgan fingerprint density at radius 2 is 2.10 bits per heavy atom. The van der Waals surface area contributed by atoms with Gasteiger partial charge in [-0.05, 0) is 55.5 Å². The van der Waals surface area contributed by atoms with Crippen molar-refractivity contribution in [3.05, 3.63) is 33.8 Å². The molecule has 2 rings (SSSR count). The minimum atomic E-state index is 0.137. The maximum atomic E-state index is 9.56. The lowest BCUT2D eigenvalue weighted by Gasteiger charge is -2.40. The molecule has 1 N–H and O–H groups in total. The maximum absolute atomic E-state index is 9.56. The summed E-state index contributed by atoms with van der Waals surface area (Å²) in [6, 6.07) is 7.92. The first-order chi connectivity index (χ1) is 9.62. The van der Waals surface area contributed by atoms with Gasteiger partial charge in [-0.2, -0.15) is 5.26 Å². The molecule has 1 aliphatic rings. The molecule has 20 heavy (non-hydrogen) atoms. The molecule has 0 spiro atoms. The van der Waals surface area contributed by atoms with Gasteiger partial charge in [0.05, 0.1) is 11.6 Å². The summed E-state index contributed by atoms with van der Waals surface area (Å²) in [5.74, 6) is 0. The fourth-order valence-electron chi connectivity index (χ4n) is 2.79. The molecule has 0 amide bonds. The van der Waals surface area contributed by atoms with Crippen LogP contribution in [0.5, 0.6) is 0 Å². The Kier molecular flexibility index (Phi) is 5.20. The van der Waals surface area contributed by atoms with Crippen LogP contribution >= 0.6 is 15.9 Å². The smallest absolute Gasteiger partial charge is 0.0992 e. The summed E-state index contributed by atoms with van der Waals surface area (Å²) in [7, 11) is 0. The molecule has 0 unspecified atom stereocenters. The third-order valence-electron chi connectivity index (χ3n) is 4.58. The monoisotopic (exact) mass is 336 g/mol. The van der Waals surface area contributed by atoms with Crippen LogP contribution in [0.2, 0.25) is 0 Å². The van der Waals surface area contributed by atoms with Crippen LogP contribution in [0.25, 0.3) is 0 Å². The van der Waals surface area contributed by atoms with Crippen LogP contribution in [0, 0.1) is 16.7 Å². The summed E-state index contributed by atoms with van der Waals surface area (Å²) in [6.07, 6.45) is 3.18. The van der Waals surface area contributed by atoms with E-state index in [1.807, 2.05) is 18.2 Å². The molecule has 0 aromatic heterocycles. The fraction of sp³-hybridized carbons (Fsp3) is 0.562. The van der Waals surface area contributed by atoms with Crippen LogP contribution < -0.4 is 0 Å². The van der Waals surface area contributed by atoms with Gasteiger partial charge in [-0.1, -0.05) is 28.9 Å². The second kappa shape index (κ2) is 6.71. The first kappa shape index (κ1) is 15.5. The van der Waals surface area contributed by atoms with E-state index in [-0.39, 0.29) is 5.41 Å². The second-order valence-corrected chi connectivity index (χ2v) is 6.56. The van der Waals surface area contributed by atoms with Gasteiger partial charge in [0, 0.05) is 17.6 Å². The summed E-state index contributed by atoms with van der Waals surface area (Å²) < 4.78 is 1.01. The largest absolute Gasteiger partial charge is 0.396 e. The predicted octanol–water partition coefficient (Wildman–Crippen LogP) is 3.31. The zero-order valence-electron chi connectivity index (χ0n) is 11.9. The van der Waals surface area contributed by atoms with Crippen molar-refractivity contribution in [2.75, 3.05) is 19.7 Å². The fourth-order valence-corrected chi connectivity index (χ4v) is 3.30. The van der Waals surface area contributed by atoms with Crippen LogP contribution in [0.4, 0.5) is 0 Å². The van der Waals surface area contributed by atoms with Crippen molar-refractivity contribution >= 4 is 15.9 Å². The summed E-state index contributed by atoms with van der Waals surface area (Å²) in [4.78, 5) is 2.43. The highest BCUT2D eigenvalue weighted by Gasteiger charge is 2.32. The van der Waals surface area contributed by atoms with Gasteiger partial charge in [0.25, 0.3) is 0 Å². The third kappa shape index (κ3) is 3.41. The average molecular weight is 337 g/mol. The Bertz CT molecular complexity index is 496. The van der Waals surface area contributed by atoms with Crippen molar-refractivity contribution in [1.29, 1.82) is 5.26 Å². The molecule has 1 aliphatic heterocycles. The molecule has 1 saturated heterocycles. The number of hydrogen-bond acceptors (Lipinski definition) is 3. The van der Waals surface area contributed by atoms with E-state index in [0.717, 1.165) is 43.4 Å². The van der Waals surface area contributed by atoms with Crippen LogP contribution in [0.3, 0.4) is 0 Å². The third-order valence-corrected chi connectivity index (χ3v) is 5.32. The molecule has 0 radical (unpaired) electrons. The molecule has 3 nitrogen and oxygen atoms in total. The average Bonchev–Trinajstić information content (AvgIpc) is 2.50. The quantitative estimate of drug-likeness (QED) is 0.917. The number of aliphatic hydroxyl groups excluding tert-OH is 1. The topological polar surface area (TPSA) is 47.3 Å². The normalized spacial score (nSPS) is 18.7. The van der Waals surface area contributed by atoms with Gasteiger partial charge in [0.1, 0.15) is 0 Å². The number of hydrogen-bond donors (Lipinski definition) is 1. The standard InChI is InChI=1S/C16H21BrN2O/c1-2-16(12-20)5-7-19(8-6-16)11-14-4-3-13(10-18)9-15(14)17/h3-4,9,20H,2,5-8,11-12H2,1H3. The number of aliphatic hydroxyl groups is 1. The van der Waals surface area contributed by atoms with E-state index in [1.54, 1.807) is 0 Å². The van der Waals surface area contributed by atoms with Gasteiger partial charge in [0.15, 0.2) is 0 Å². The van der Waals surface area contributed by atoms with Crippen LogP contribution in [-0.2, 0) is 6.54 Å². The number of halogens is 1. The van der Waals surface area contributed by atoms with Crippen molar-refractivity contribution in [3.8, 4) is 6.07 Å². The molecule has 0 saturated carbocycles. The van der Waals surface area contributed by atoms with Crippen LogP contribution in [0.15, 0.2) is 22.7 Å². The van der Waals surface area contributed by atoms with Gasteiger partial charge >= 0.3 is 0 Å². The van der Waals surface area contributed by atoms with Gasteiger partial charge in [0.2, 0.25) is 0 Å². The number of nitrogens with zero attached hydrogens (tertiary/aromatic N) is 2. The zero-order chi connectivity index (χ0) is 14.6. The SMILES string of the molecule is CCC1(CO)CCN(Cc2ccc(C#N)cc2Br)CC1. The molecule has 108 valence electrons. The summed E-state index contributed by atoms with van der Waals surface area (Å²) in [5.41, 5.74) is 2.04. The van der Waals surface area contributed by atoms with E-state index < -0.39 is 0 Å². The minimum absolute atomic E-state index is 0.137. The first-order valence-electron chi connectivity index (χ1n) is 7.14. The summed E-state index contributed by atoms with van der Waals surface area (Å²) in [6.45, 7) is 5.43. The molecule has 1 aromatic rings. The highest BCUT2D eigenvalue weighted by atomic mass is 79.9. The van der Waals surface area contributed by atoms with Crippen molar-refractivity contribution in [2.45, 2.75) is 32.7 Å². The molecule has 1 aromatic carbocycles. The van der Waals surface area contributed by atoms with E-state index in [9.17, 15) is 5.11 Å². The van der Waals surface area contributed by atoms with Crippen molar-refractivity contribution in [2.24, 2.45) is 5.41 Å². The van der Waals surface area contributed by atoms with E-state index >= 15 is 0 Å². The molecular formula is C16H21BrN2O. The van der Waals surface area contributed by atoms with Crippen molar-refractivity contribution in [3.63, 3.8) is 0 Å². The number of nitriles is 1. The lowest BCUT2D eigenvalue weighted by atomic mass is 9.77. The molecule has 1 heterocycles. The molecule has 0 bridgehead atoms. The highest BCUT2D eigenvalue weighted by Crippen LogP contribution is 2.35. The Morgan fingerprint density at radius 3 is 2.60 bits per heavy atom. The molecule has 0 atom stereocenters. The van der Waals surface area contributed by atoms with E-state index in [1.165, 1.54) is 5.56 Å². The Hall–Kier alpha value is -0.890. The number of rotatable bonds is 4. The number of benzene rings is 1. The molecule has 1 fully saturated rings.